The van der Waals surface area contributed by atoms with Crippen molar-refractivity contribution >= 4 is 11.8 Å². The summed E-state index contributed by atoms with van der Waals surface area (Å²) in [5.74, 6) is 1.31. The molecule has 0 aliphatic carbocycles. The van der Waals surface area contributed by atoms with Gasteiger partial charge in [-0.15, -0.1) is 0 Å². The standard InChI is InChI=1S/C29H42N2O4/c1-3-5-7-9-22-34-26-16-12-24(13-17-26)28(32)30-20-11-21-31-29(33)25-14-18-27(19-15-25)35-23-10-8-6-4-2/h12-19H,3-11,20-23H2,1-2H3,(H,30,32)(H,31,33). The average molecular weight is 483 g/mol. The molecule has 2 aromatic rings. The fraction of sp³-hybridized carbons (Fsp3) is 0.517. The first kappa shape index (κ1) is 28.2. The van der Waals surface area contributed by atoms with Crippen molar-refractivity contribution in [3.05, 3.63) is 59.7 Å². The highest BCUT2D eigenvalue weighted by molar-refractivity contribution is 5.94. The first-order chi connectivity index (χ1) is 17.1. The van der Waals surface area contributed by atoms with Crippen LogP contribution in [0.5, 0.6) is 11.5 Å². The summed E-state index contributed by atoms with van der Waals surface area (Å²) in [6.07, 6.45) is 9.97. The first-order valence-electron chi connectivity index (χ1n) is 13.2. The molecule has 0 fully saturated rings. The molecule has 0 aromatic heterocycles. The number of ether oxygens (including phenoxy) is 2. The highest BCUT2D eigenvalue weighted by Crippen LogP contribution is 2.14. The van der Waals surface area contributed by atoms with Crippen LogP contribution in [0, 0.1) is 0 Å². The summed E-state index contributed by atoms with van der Waals surface area (Å²) < 4.78 is 11.4. The minimum Gasteiger partial charge on any atom is -0.494 e. The second kappa shape index (κ2) is 17.4. The zero-order chi connectivity index (χ0) is 25.1. The van der Waals surface area contributed by atoms with Gasteiger partial charge in [-0.1, -0.05) is 52.4 Å². The van der Waals surface area contributed by atoms with Crippen LogP contribution >= 0.6 is 0 Å². The maximum absolute atomic E-state index is 12.3. The summed E-state index contributed by atoms with van der Waals surface area (Å²) in [4.78, 5) is 24.6. The number of benzene rings is 2. The van der Waals surface area contributed by atoms with Crippen molar-refractivity contribution in [3.63, 3.8) is 0 Å². The van der Waals surface area contributed by atoms with Crippen LogP contribution in [-0.2, 0) is 0 Å². The molecule has 35 heavy (non-hydrogen) atoms. The van der Waals surface area contributed by atoms with Gasteiger partial charge in [0.25, 0.3) is 11.8 Å². The number of carbonyl (C=O) groups excluding carboxylic acids is 2. The molecular formula is C29H42N2O4. The lowest BCUT2D eigenvalue weighted by atomic mass is 10.2. The van der Waals surface area contributed by atoms with E-state index >= 15 is 0 Å². The Hall–Kier alpha value is -3.02. The predicted molar refractivity (Wildman–Crippen MR) is 141 cm³/mol. The molecule has 0 atom stereocenters. The van der Waals surface area contributed by atoms with Crippen molar-refractivity contribution in [1.29, 1.82) is 0 Å². The van der Waals surface area contributed by atoms with Gasteiger partial charge in [0.2, 0.25) is 0 Å². The molecule has 192 valence electrons. The van der Waals surface area contributed by atoms with E-state index in [0.717, 1.165) is 24.3 Å². The molecule has 6 nitrogen and oxygen atoms in total. The molecular weight excluding hydrogens is 440 g/mol. The van der Waals surface area contributed by atoms with E-state index in [4.69, 9.17) is 9.47 Å². The van der Waals surface area contributed by atoms with E-state index < -0.39 is 0 Å². The summed E-state index contributed by atoms with van der Waals surface area (Å²) in [5, 5.41) is 5.78. The van der Waals surface area contributed by atoms with Crippen molar-refractivity contribution < 1.29 is 19.1 Å². The van der Waals surface area contributed by atoms with Crippen LogP contribution in [0.4, 0.5) is 0 Å². The Morgan fingerprint density at radius 3 is 1.34 bits per heavy atom. The lowest BCUT2D eigenvalue weighted by Crippen LogP contribution is -2.29. The highest BCUT2D eigenvalue weighted by Gasteiger charge is 2.07. The quantitative estimate of drug-likeness (QED) is 0.250. The van der Waals surface area contributed by atoms with Crippen LogP contribution < -0.4 is 20.1 Å². The van der Waals surface area contributed by atoms with E-state index in [1.807, 2.05) is 24.3 Å². The maximum atomic E-state index is 12.3. The Morgan fingerprint density at radius 2 is 0.971 bits per heavy atom. The molecule has 0 unspecified atom stereocenters. The fourth-order valence-corrected chi connectivity index (χ4v) is 3.54. The molecule has 2 N–H and O–H groups in total. The normalized spacial score (nSPS) is 10.6. The van der Waals surface area contributed by atoms with Crippen LogP contribution in [0.2, 0.25) is 0 Å². The number of unbranched alkanes of at least 4 members (excludes halogenated alkanes) is 6. The van der Waals surface area contributed by atoms with Crippen molar-refractivity contribution in [3.8, 4) is 11.5 Å². The Morgan fingerprint density at radius 1 is 0.571 bits per heavy atom. The maximum Gasteiger partial charge on any atom is 0.251 e. The second-order valence-electron chi connectivity index (χ2n) is 8.73. The zero-order valence-electron chi connectivity index (χ0n) is 21.4. The van der Waals surface area contributed by atoms with Gasteiger partial charge in [-0.25, -0.2) is 0 Å². The number of hydrogen-bond acceptors (Lipinski definition) is 4. The van der Waals surface area contributed by atoms with Gasteiger partial charge >= 0.3 is 0 Å². The van der Waals surface area contributed by atoms with Crippen LogP contribution in [-0.4, -0.2) is 38.1 Å². The summed E-state index contributed by atoms with van der Waals surface area (Å²) in [6.45, 7) is 6.75. The third kappa shape index (κ3) is 11.8. The number of carbonyl (C=O) groups is 2. The smallest absolute Gasteiger partial charge is 0.251 e. The summed E-state index contributed by atoms with van der Waals surface area (Å²) in [6, 6.07) is 14.4. The fourth-order valence-electron chi connectivity index (χ4n) is 3.54. The van der Waals surface area contributed by atoms with Crippen LogP contribution in [0.15, 0.2) is 48.5 Å². The Labute approximate surface area is 210 Å². The van der Waals surface area contributed by atoms with Crippen LogP contribution in [0.1, 0.15) is 92.4 Å². The molecule has 6 heteroatoms. The largest absolute Gasteiger partial charge is 0.494 e. The highest BCUT2D eigenvalue weighted by atomic mass is 16.5. The van der Waals surface area contributed by atoms with Gasteiger partial charge in [0.05, 0.1) is 13.2 Å². The van der Waals surface area contributed by atoms with Gasteiger partial charge in [-0.3, -0.25) is 9.59 Å². The lowest BCUT2D eigenvalue weighted by Gasteiger charge is -2.09. The Balaban J connectivity index is 1.59. The minimum absolute atomic E-state index is 0.129. The van der Waals surface area contributed by atoms with E-state index in [1.165, 1.54) is 38.5 Å². The number of rotatable bonds is 18. The molecule has 0 heterocycles. The van der Waals surface area contributed by atoms with E-state index in [2.05, 4.69) is 24.5 Å². The van der Waals surface area contributed by atoms with Crippen molar-refractivity contribution in [2.24, 2.45) is 0 Å². The van der Waals surface area contributed by atoms with Gasteiger partial charge < -0.3 is 20.1 Å². The minimum atomic E-state index is -0.129. The SMILES string of the molecule is CCCCCCOc1ccc(C(=O)NCCCNC(=O)c2ccc(OCCCCCC)cc2)cc1. The molecule has 2 aromatic carbocycles. The van der Waals surface area contributed by atoms with E-state index in [9.17, 15) is 9.59 Å². The summed E-state index contributed by atoms with van der Waals surface area (Å²) in [7, 11) is 0. The Kier molecular flexibility index (Phi) is 14.0. The number of nitrogens with one attached hydrogen (secondary N) is 2. The molecule has 0 spiro atoms. The summed E-state index contributed by atoms with van der Waals surface area (Å²) in [5.41, 5.74) is 1.19. The molecule has 0 aliphatic rings. The molecule has 0 saturated heterocycles. The molecule has 0 saturated carbocycles. The number of hydrogen-bond donors (Lipinski definition) is 2. The van der Waals surface area contributed by atoms with Gasteiger partial charge in [0, 0.05) is 24.2 Å². The topological polar surface area (TPSA) is 76.7 Å². The molecule has 2 amide bonds. The second-order valence-corrected chi connectivity index (χ2v) is 8.73. The van der Waals surface area contributed by atoms with Crippen molar-refractivity contribution in [2.45, 2.75) is 71.6 Å². The first-order valence-corrected chi connectivity index (χ1v) is 13.2. The van der Waals surface area contributed by atoms with E-state index in [0.29, 0.717) is 43.9 Å². The molecule has 0 radical (unpaired) electrons. The monoisotopic (exact) mass is 482 g/mol. The van der Waals surface area contributed by atoms with Gasteiger partial charge in [0.15, 0.2) is 0 Å². The van der Waals surface area contributed by atoms with Gasteiger partial charge in [-0.05, 0) is 67.8 Å². The summed E-state index contributed by atoms with van der Waals surface area (Å²) >= 11 is 0. The van der Waals surface area contributed by atoms with Gasteiger partial charge in [0.1, 0.15) is 11.5 Å². The van der Waals surface area contributed by atoms with Crippen molar-refractivity contribution in [1.82, 2.24) is 10.6 Å². The van der Waals surface area contributed by atoms with Crippen molar-refractivity contribution in [2.75, 3.05) is 26.3 Å². The Bertz CT molecular complexity index is 778. The number of amides is 2. The van der Waals surface area contributed by atoms with Crippen LogP contribution in [0.25, 0.3) is 0 Å². The molecule has 0 aliphatic heterocycles. The third-order valence-electron chi connectivity index (χ3n) is 5.69. The van der Waals surface area contributed by atoms with Gasteiger partial charge in [-0.2, -0.15) is 0 Å². The molecule has 0 bridgehead atoms. The van der Waals surface area contributed by atoms with E-state index in [1.54, 1.807) is 24.3 Å². The third-order valence-corrected chi connectivity index (χ3v) is 5.69. The predicted octanol–water partition coefficient (Wildman–Crippen LogP) is 6.15. The van der Waals surface area contributed by atoms with Crippen LogP contribution in [0.3, 0.4) is 0 Å². The van der Waals surface area contributed by atoms with E-state index in [-0.39, 0.29) is 11.8 Å². The average Bonchev–Trinajstić information content (AvgIpc) is 2.88. The molecule has 2 rings (SSSR count). The zero-order valence-corrected chi connectivity index (χ0v) is 21.4. The lowest BCUT2D eigenvalue weighted by molar-refractivity contribution is 0.0951.